The number of nitrogens with two attached hydrogens (primary N) is 1. The number of hydrazine groups is 3. The molecule has 0 amide bonds. The highest BCUT2D eigenvalue weighted by molar-refractivity contribution is 6.32. The van der Waals surface area contributed by atoms with Gasteiger partial charge in [0.1, 0.15) is 17.6 Å². The average Bonchev–Trinajstić information content (AvgIpc) is 2.93. The Morgan fingerprint density at radius 3 is 2.92 bits per heavy atom. The molecule has 25 heavy (non-hydrogen) atoms. The summed E-state index contributed by atoms with van der Waals surface area (Å²) in [6, 6.07) is 5.59. The van der Waals surface area contributed by atoms with E-state index in [1.54, 1.807) is 5.01 Å². The molecular weight excluding hydrogens is 346 g/mol. The SMILES string of the molecule is NN1Nc2c(Cl)ncnc2N1Cc1cccc(C2(O)CCOCC2)n1. The van der Waals surface area contributed by atoms with Crippen LogP contribution in [0.15, 0.2) is 24.5 Å². The summed E-state index contributed by atoms with van der Waals surface area (Å²) >= 11 is 6.07. The van der Waals surface area contributed by atoms with Crippen molar-refractivity contribution in [2.24, 2.45) is 5.84 Å². The Kier molecular flexibility index (Phi) is 4.18. The molecule has 1 saturated heterocycles. The number of ether oxygens (including phenoxy) is 1. The van der Waals surface area contributed by atoms with E-state index in [0.717, 1.165) is 5.69 Å². The van der Waals surface area contributed by atoms with Crippen LogP contribution in [0.5, 0.6) is 0 Å². The number of hydrogen-bond donors (Lipinski definition) is 3. The summed E-state index contributed by atoms with van der Waals surface area (Å²) < 4.78 is 5.33. The van der Waals surface area contributed by atoms with E-state index in [9.17, 15) is 5.11 Å². The zero-order chi connectivity index (χ0) is 17.4. The minimum atomic E-state index is -0.955. The molecule has 0 spiro atoms. The van der Waals surface area contributed by atoms with Crippen molar-refractivity contribution in [3.8, 4) is 0 Å². The molecule has 9 nitrogen and oxygen atoms in total. The van der Waals surface area contributed by atoms with Crippen LogP contribution in [0.3, 0.4) is 0 Å². The molecule has 0 atom stereocenters. The van der Waals surface area contributed by atoms with Crippen molar-refractivity contribution in [2.45, 2.75) is 25.0 Å². The maximum absolute atomic E-state index is 10.8. The number of hydrogen-bond acceptors (Lipinski definition) is 9. The van der Waals surface area contributed by atoms with Crippen LogP contribution in [0, 0.1) is 0 Å². The van der Waals surface area contributed by atoms with E-state index in [1.807, 2.05) is 18.2 Å². The smallest absolute Gasteiger partial charge is 0.175 e. The Bertz CT molecular complexity index is 784. The lowest BCUT2D eigenvalue weighted by Gasteiger charge is -2.32. The number of nitrogens with one attached hydrogen (secondary N) is 1. The number of anilines is 2. The van der Waals surface area contributed by atoms with Gasteiger partial charge in [-0.1, -0.05) is 22.9 Å². The molecule has 4 rings (SSSR count). The van der Waals surface area contributed by atoms with Crippen molar-refractivity contribution in [1.82, 2.24) is 20.2 Å². The zero-order valence-corrected chi connectivity index (χ0v) is 14.1. The number of nitrogens with zero attached hydrogens (tertiary/aromatic N) is 5. The molecule has 0 aromatic carbocycles. The van der Waals surface area contributed by atoms with Gasteiger partial charge in [-0.05, 0) is 12.1 Å². The Morgan fingerprint density at radius 2 is 2.12 bits per heavy atom. The maximum Gasteiger partial charge on any atom is 0.175 e. The van der Waals surface area contributed by atoms with Crippen LogP contribution >= 0.6 is 11.6 Å². The summed E-state index contributed by atoms with van der Waals surface area (Å²) in [4.78, 5) is 12.8. The summed E-state index contributed by atoms with van der Waals surface area (Å²) in [6.07, 6.45) is 2.44. The van der Waals surface area contributed by atoms with Crippen molar-refractivity contribution < 1.29 is 9.84 Å². The van der Waals surface area contributed by atoms with Crippen LogP contribution in [-0.2, 0) is 16.9 Å². The van der Waals surface area contributed by atoms with Gasteiger partial charge in [0.25, 0.3) is 0 Å². The van der Waals surface area contributed by atoms with E-state index < -0.39 is 5.60 Å². The molecule has 0 aliphatic carbocycles. The van der Waals surface area contributed by atoms with E-state index in [1.165, 1.54) is 11.6 Å². The van der Waals surface area contributed by atoms with Gasteiger partial charge in [0.05, 0.1) is 17.9 Å². The second kappa shape index (κ2) is 6.36. The summed E-state index contributed by atoms with van der Waals surface area (Å²) in [5.41, 5.74) is 3.89. The molecule has 1 fully saturated rings. The fourth-order valence-corrected chi connectivity index (χ4v) is 3.19. The lowest BCUT2D eigenvalue weighted by Crippen LogP contribution is -2.46. The summed E-state index contributed by atoms with van der Waals surface area (Å²) in [5, 5.41) is 14.1. The van der Waals surface area contributed by atoms with Gasteiger partial charge in [-0.2, -0.15) is 0 Å². The second-order valence-corrected chi connectivity index (χ2v) is 6.39. The fraction of sp³-hybridized carbons (Fsp3) is 0.400. The predicted octanol–water partition coefficient (Wildman–Crippen LogP) is 0.961. The molecule has 4 N–H and O–H groups in total. The standard InChI is InChI=1S/C15H18ClN7O2/c16-13-12-14(19-9-18-13)22(23(17)21-12)8-10-2-1-3-11(20-10)15(24)4-6-25-7-5-15/h1-3,9,21,24H,4-8,17H2. The number of pyridine rings is 1. The monoisotopic (exact) mass is 363 g/mol. The minimum absolute atomic E-state index is 0.293. The molecule has 2 aliphatic heterocycles. The van der Waals surface area contributed by atoms with Gasteiger partial charge in [-0.3, -0.25) is 10.4 Å². The molecule has 2 aliphatic rings. The number of aliphatic hydroxyl groups is 1. The average molecular weight is 364 g/mol. The third-order valence-corrected chi connectivity index (χ3v) is 4.71. The normalized spacial score (nSPS) is 19.6. The number of halogens is 1. The minimum Gasteiger partial charge on any atom is -0.383 e. The topological polar surface area (TPSA) is 113 Å². The van der Waals surface area contributed by atoms with E-state index in [0.29, 0.717) is 55.0 Å². The molecule has 10 heteroatoms. The van der Waals surface area contributed by atoms with E-state index in [-0.39, 0.29) is 0 Å². The molecule has 0 unspecified atom stereocenters. The van der Waals surface area contributed by atoms with Crippen LogP contribution < -0.4 is 16.3 Å². The van der Waals surface area contributed by atoms with E-state index in [4.69, 9.17) is 22.2 Å². The molecular formula is C15H18ClN7O2. The molecule has 2 aromatic rings. The quantitative estimate of drug-likeness (QED) is 0.542. The van der Waals surface area contributed by atoms with E-state index in [2.05, 4.69) is 20.4 Å². The number of fused-ring (bicyclic) bond motifs is 1. The first-order valence-corrected chi connectivity index (χ1v) is 8.31. The molecule has 4 heterocycles. The Hall–Kier alpha value is -2.04. The van der Waals surface area contributed by atoms with Gasteiger partial charge >= 0.3 is 0 Å². The predicted molar refractivity (Wildman–Crippen MR) is 91.1 cm³/mol. The van der Waals surface area contributed by atoms with Crippen molar-refractivity contribution in [3.05, 3.63) is 41.1 Å². The van der Waals surface area contributed by atoms with Crippen molar-refractivity contribution in [3.63, 3.8) is 0 Å². The highest BCUT2D eigenvalue weighted by Crippen LogP contribution is 2.36. The zero-order valence-electron chi connectivity index (χ0n) is 13.4. The van der Waals surface area contributed by atoms with Crippen molar-refractivity contribution in [1.29, 1.82) is 0 Å². The highest BCUT2D eigenvalue weighted by Gasteiger charge is 2.34. The number of aromatic nitrogens is 3. The lowest BCUT2D eigenvalue weighted by molar-refractivity contribution is -0.0706. The van der Waals surface area contributed by atoms with Crippen molar-refractivity contribution in [2.75, 3.05) is 23.6 Å². The number of rotatable bonds is 3. The highest BCUT2D eigenvalue weighted by atomic mass is 35.5. The first-order chi connectivity index (χ1) is 12.1. The molecule has 132 valence electrons. The van der Waals surface area contributed by atoms with Gasteiger partial charge in [0.2, 0.25) is 0 Å². The van der Waals surface area contributed by atoms with Gasteiger partial charge < -0.3 is 9.84 Å². The molecule has 0 radical (unpaired) electrons. The van der Waals surface area contributed by atoms with Crippen LogP contribution in [0.4, 0.5) is 11.5 Å². The third-order valence-electron chi connectivity index (χ3n) is 4.43. The van der Waals surface area contributed by atoms with Crippen LogP contribution in [0.1, 0.15) is 24.2 Å². The maximum atomic E-state index is 10.8. The fourth-order valence-electron chi connectivity index (χ4n) is 3.02. The van der Waals surface area contributed by atoms with Crippen molar-refractivity contribution >= 4 is 23.1 Å². The Labute approximate surface area is 149 Å². The molecule has 0 saturated carbocycles. The third kappa shape index (κ3) is 3.00. The Morgan fingerprint density at radius 1 is 1.32 bits per heavy atom. The first-order valence-electron chi connectivity index (χ1n) is 7.93. The first kappa shape index (κ1) is 16.4. The lowest BCUT2D eigenvalue weighted by atomic mass is 9.90. The Balaban J connectivity index is 1.60. The van der Waals surface area contributed by atoms with Crippen LogP contribution in [0.2, 0.25) is 5.15 Å². The summed E-state index contributed by atoms with van der Waals surface area (Å²) in [6.45, 7) is 1.42. The van der Waals surface area contributed by atoms with Gasteiger partial charge in [-0.15, -0.1) is 0 Å². The van der Waals surface area contributed by atoms with Gasteiger partial charge in [-0.25, -0.2) is 20.8 Å². The van der Waals surface area contributed by atoms with Crippen LogP contribution in [0.25, 0.3) is 0 Å². The summed E-state index contributed by atoms with van der Waals surface area (Å²) in [5.74, 6) is 6.55. The van der Waals surface area contributed by atoms with E-state index >= 15 is 0 Å². The van der Waals surface area contributed by atoms with Crippen LogP contribution in [-0.4, -0.2) is 38.5 Å². The molecule has 2 aromatic heterocycles. The van der Waals surface area contributed by atoms with Gasteiger partial charge in [0, 0.05) is 26.1 Å². The largest absolute Gasteiger partial charge is 0.383 e. The molecule has 0 bridgehead atoms. The van der Waals surface area contributed by atoms with Gasteiger partial charge in [0.15, 0.2) is 11.0 Å². The second-order valence-electron chi connectivity index (χ2n) is 6.04. The summed E-state index contributed by atoms with van der Waals surface area (Å²) in [7, 11) is 0.